The van der Waals surface area contributed by atoms with E-state index in [1.807, 2.05) is 6.07 Å². The molecule has 0 aromatic heterocycles. The Balaban J connectivity index is 2.13. The minimum absolute atomic E-state index is 0.0782. The lowest BCUT2D eigenvalue weighted by atomic mass is 9.99. The van der Waals surface area contributed by atoms with Gasteiger partial charge in [-0.1, -0.05) is 6.92 Å². The van der Waals surface area contributed by atoms with Gasteiger partial charge < -0.3 is 19.7 Å². The maximum Gasteiger partial charge on any atom is 0.266 e. The van der Waals surface area contributed by atoms with Crippen molar-refractivity contribution in [1.82, 2.24) is 4.90 Å². The molecule has 0 radical (unpaired) electrons. The molecule has 0 atom stereocenters. The Labute approximate surface area is 142 Å². The number of benzene rings is 1. The second kappa shape index (κ2) is 8.25. The fourth-order valence-corrected chi connectivity index (χ4v) is 2.60. The zero-order valence-electron chi connectivity index (χ0n) is 14.3. The number of anilines is 1. The molecule has 6 nitrogen and oxygen atoms in total. The van der Waals surface area contributed by atoms with Crippen molar-refractivity contribution in [2.45, 2.75) is 19.8 Å². The average Bonchev–Trinajstić information content (AvgIpc) is 2.62. The van der Waals surface area contributed by atoms with E-state index in [9.17, 15) is 10.1 Å². The molecule has 0 spiro atoms. The van der Waals surface area contributed by atoms with Crippen LogP contribution in [0.2, 0.25) is 0 Å². The van der Waals surface area contributed by atoms with Crippen molar-refractivity contribution in [3.8, 4) is 17.6 Å². The van der Waals surface area contributed by atoms with Gasteiger partial charge in [0, 0.05) is 25.4 Å². The summed E-state index contributed by atoms with van der Waals surface area (Å²) < 4.78 is 10.5. The molecule has 0 unspecified atom stereocenters. The Morgan fingerprint density at radius 1 is 1.33 bits per heavy atom. The topological polar surface area (TPSA) is 74.6 Å². The van der Waals surface area contributed by atoms with E-state index in [4.69, 9.17) is 9.47 Å². The first kappa shape index (κ1) is 17.7. The van der Waals surface area contributed by atoms with E-state index in [0.717, 1.165) is 12.8 Å². The van der Waals surface area contributed by atoms with Crippen molar-refractivity contribution in [3.63, 3.8) is 0 Å². The fraction of sp³-hybridized carbons (Fsp3) is 0.444. The number of carbonyl (C=O) groups is 1. The zero-order valence-corrected chi connectivity index (χ0v) is 14.3. The number of methoxy groups -OCH3 is 2. The predicted octanol–water partition coefficient (Wildman–Crippen LogP) is 2.78. The van der Waals surface area contributed by atoms with Crippen LogP contribution in [-0.2, 0) is 4.79 Å². The summed E-state index contributed by atoms with van der Waals surface area (Å²) in [5.41, 5.74) is 0.707. The van der Waals surface area contributed by atoms with Crippen molar-refractivity contribution in [3.05, 3.63) is 30.0 Å². The summed E-state index contributed by atoms with van der Waals surface area (Å²) in [6.07, 6.45) is 3.38. The van der Waals surface area contributed by atoms with Crippen LogP contribution in [0.25, 0.3) is 0 Å². The van der Waals surface area contributed by atoms with Crippen LogP contribution in [0, 0.1) is 17.2 Å². The highest BCUT2D eigenvalue weighted by Crippen LogP contribution is 2.29. The summed E-state index contributed by atoms with van der Waals surface area (Å²) in [5, 5.41) is 12.3. The van der Waals surface area contributed by atoms with Gasteiger partial charge in [-0.25, -0.2) is 0 Å². The summed E-state index contributed by atoms with van der Waals surface area (Å²) in [4.78, 5) is 14.2. The number of rotatable bonds is 5. The first-order valence-electron chi connectivity index (χ1n) is 7.97. The van der Waals surface area contributed by atoms with Crippen LogP contribution in [-0.4, -0.2) is 38.1 Å². The highest BCUT2D eigenvalue weighted by Gasteiger charge is 2.23. The third kappa shape index (κ3) is 4.19. The molecule has 0 aliphatic carbocycles. The Hall–Kier alpha value is -2.68. The summed E-state index contributed by atoms with van der Waals surface area (Å²) >= 11 is 0. The minimum atomic E-state index is -0.237. The van der Waals surface area contributed by atoms with Crippen LogP contribution in [0.4, 0.5) is 5.69 Å². The smallest absolute Gasteiger partial charge is 0.266 e. The second-order valence-electron chi connectivity index (χ2n) is 5.86. The molecule has 1 amide bonds. The molecular formula is C18H23N3O3. The first-order valence-corrected chi connectivity index (χ1v) is 7.97. The van der Waals surface area contributed by atoms with Gasteiger partial charge in [0.1, 0.15) is 23.1 Å². The Bertz CT molecular complexity index is 656. The van der Waals surface area contributed by atoms with E-state index in [-0.39, 0.29) is 11.5 Å². The van der Waals surface area contributed by atoms with Gasteiger partial charge in [-0.3, -0.25) is 4.79 Å². The van der Waals surface area contributed by atoms with E-state index in [0.29, 0.717) is 36.2 Å². The maximum absolute atomic E-state index is 12.5. The molecule has 0 bridgehead atoms. The molecule has 1 aromatic rings. The standard InChI is InChI=1S/C18H23N3O3/c1-13-6-8-21(9-7-13)18(22)14(11-19)12-20-16-10-15(23-2)4-5-17(16)24-3/h4-5,10,12-13,20H,6-9H2,1-3H3/b14-12-. The molecule has 0 saturated carbocycles. The third-order valence-electron chi connectivity index (χ3n) is 4.20. The molecule has 6 heteroatoms. The number of nitrogens with zero attached hydrogens (tertiary/aromatic N) is 2. The van der Waals surface area contributed by atoms with E-state index < -0.39 is 0 Å². The van der Waals surface area contributed by atoms with Gasteiger partial charge in [0.25, 0.3) is 5.91 Å². The molecular weight excluding hydrogens is 306 g/mol. The molecule has 1 aromatic carbocycles. The van der Waals surface area contributed by atoms with E-state index in [1.165, 1.54) is 6.20 Å². The van der Waals surface area contributed by atoms with Gasteiger partial charge >= 0.3 is 0 Å². The molecule has 1 aliphatic heterocycles. The van der Waals surface area contributed by atoms with Gasteiger partial charge in [-0.2, -0.15) is 5.26 Å². The van der Waals surface area contributed by atoms with Crippen molar-refractivity contribution >= 4 is 11.6 Å². The van der Waals surface area contributed by atoms with Gasteiger partial charge in [0.15, 0.2) is 0 Å². The lowest BCUT2D eigenvalue weighted by molar-refractivity contribution is -0.128. The van der Waals surface area contributed by atoms with E-state index in [2.05, 4.69) is 12.2 Å². The van der Waals surface area contributed by atoms with Crippen LogP contribution >= 0.6 is 0 Å². The summed E-state index contributed by atoms with van der Waals surface area (Å²) in [6.45, 7) is 3.57. The summed E-state index contributed by atoms with van der Waals surface area (Å²) in [5.74, 6) is 1.65. The SMILES string of the molecule is COc1ccc(OC)c(N/C=C(/C#N)C(=O)N2CCC(C)CC2)c1. The largest absolute Gasteiger partial charge is 0.497 e. The molecule has 1 fully saturated rings. The highest BCUT2D eigenvalue weighted by molar-refractivity contribution is 5.97. The molecule has 1 N–H and O–H groups in total. The number of likely N-dealkylation sites (tertiary alicyclic amines) is 1. The quantitative estimate of drug-likeness (QED) is 0.664. The number of amides is 1. The average molecular weight is 329 g/mol. The normalized spacial score (nSPS) is 15.6. The molecule has 1 heterocycles. The predicted molar refractivity (Wildman–Crippen MR) is 91.8 cm³/mol. The number of nitrogens with one attached hydrogen (secondary N) is 1. The molecule has 1 aliphatic rings. The monoisotopic (exact) mass is 329 g/mol. The number of ether oxygens (including phenoxy) is 2. The summed E-state index contributed by atoms with van der Waals surface area (Å²) in [7, 11) is 3.13. The number of carbonyl (C=O) groups excluding carboxylic acids is 1. The van der Waals surface area contributed by atoms with Gasteiger partial charge in [0.2, 0.25) is 0 Å². The van der Waals surface area contributed by atoms with Crippen LogP contribution in [0.5, 0.6) is 11.5 Å². The van der Waals surface area contributed by atoms with Crippen molar-refractivity contribution < 1.29 is 14.3 Å². The fourth-order valence-electron chi connectivity index (χ4n) is 2.60. The molecule has 1 saturated heterocycles. The van der Waals surface area contributed by atoms with Gasteiger partial charge in [0.05, 0.1) is 19.9 Å². The minimum Gasteiger partial charge on any atom is -0.497 e. The van der Waals surface area contributed by atoms with Gasteiger partial charge in [-0.15, -0.1) is 0 Å². The van der Waals surface area contributed by atoms with Crippen LogP contribution in [0.15, 0.2) is 30.0 Å². The highest BCUT2D eigenvalue weighted by atomic mass is 16.5. The lowest BCUT2D eigenvalue weighted by Gasteiger charge is -2.30. The number of nitriles is 1. The maximum atomic E-state index is 12.5. The Kier molecular flexibility index (Phi) is 6.07. The van der Waals surface area contributed by atoms with E-state index in [1.54, 1.807) is 37.3 Å². The van der Waals surface area contributed by atoms with Crippen molar-refractivity contribution in [1.29, 1.82) is 5.26 Å². The molecule has 24 heavy (non-hydrogen) atoms. The van der Waals surface area contributed by atoms with Crippen molar-refractivity contribution in [2.24, 2.45) is 5.92 Å². The molecule has 2 rings (SSSR count). The van der Waals surface area contributed by atoms with E-state index >= 15 is 0 Å². The van der Waals surface area contributed by atoms with Crippen molar-refractivity contribution in [2.75, 3.05) is 32.6 Å². The Morgan fingerprint density at radius 3 is 2.62 bits per heavy atom. The number of piperidine rings is 1. The number of hydrogen-bond acceptors (Lipinski definition) is 5. The van der Waals surface area contributed by atoms with Gasteiger partial charge in [-0.05, 0) is 30.9 Å². The molecule has 128 valence electrons. The third-order valence-corrected chi connectivity index (χ3v) is 4.20. The van der Waals surface area contributed by atoms with Crippen LogP contribution < -0.4 is 14.8 Å². The van der Waals surface area contributed by atoms with Crippen LogP contribution in [0.3, 0.4) is 0 Å². The number of hydrogen-bond donors (Lipinski definition) is 1. The second-order valence-corrected chi connectivity index (χ2v) is 5.86. The Morgan fingerprint density at radius 2 is 2.04 bits per heavy atom. The first-order chi connectivity index (χ1) is 11.6. The zero-order chi connectivity index (χ0) is 17.5. The lowest BCUT2D eigenvalue weighted by Crippen LogP contribution is -2.38. The summed E-state index contributed by atoms with van der Waals surface area (Å²) in [6, 6.07) is 7.27. The van der Waals surface area contributed by atoms with Crippen LogP contribution in [0.1, 0.15) is 19.8 Å².